The third kappa shape index (κ3) is 2.70. The number of rotatable bonds is 2. The number of nitrogens with one attached hydrogen (secondary N) is 2. The van der Waals surface area contributed by atoms with Gasteiger partial charge in [-0.25, -0.2) is 4.98 Å². The predicted molar refractivity (Wildman–Crippen MR) is 81.3 cm³/mol. The highest BCUT2D eigenvalue weighted by atomic mass is 79.9. The van der Waals surface area contributed by atoms with Crippen molar-refractivity contribution in [2.75, 3.05) is 11.9 Å². The molecule has 0 saturated carbocycles. The minimum absolute atomic E-state index is 0.0475. The first-order valence-electron chi connectivity index (χ1n) is 6.12. The lowest BCUT2D eigenvalue weighted by Crippen LogP contribution is -2.22. The number of halogens is 1. The summed E-state index contributed by atoms with van der Waals surface area (Å²) in [7, 11) is 0. The summed E-state index contributed by atoms with van der Waals surface area (Å²) in [6, 6.07) is 4.75. The number of benzene rings is 1. The van der Waals surface area contributed by atoms with Crippen molar-refractivity contribution in [3.05, 3.63) is 38.8 Å². The average molecular weight is 354 g/mol. The first-order chi connectivity index (χ1) is 9.63. The number of amides is 1. The van der Waals surface area contributed by atoms with Crippen molar-refractivity contribution in [1.29, 1.82) is 0 Å². The molecule has 1 aliphatic rings. The van der Waals surface area contributed by atoms with E-state index in [1.54, 1.807) is 12.1 Å². The minimum Gasteiger partial charge on any atom is -0.507 e. The van der Waals surface area contributed by atoms with Crippen molar-refractivity contribution < 1.29 is 9.90 Å². The van der Waals surface area contributed by atoms with Crippen LogP contribution in [0, 0.1) is 0 Å². The Bertz CT molecular complexity index is 648. The molecule has 2 heterocycles. The number of hydrogen-bond donors (Lipinski definition) is 3. The van der Waals surface area contributed by atoms with Crippen LogP contribution in [0.4, 0.5) is 5.13 Å². The smallest absolute Gasteiger partial charge is 0.261 e. The summed E-state index contributed by atoms with van der Waals surface area (Å²) in [6.07, 6.45) is 0.879. The summed E-state index contributed by atoms with van der Waals surface area (Å²) in [5.74, 6) is -0.406. The van der Waals surface area contributed by atoms with Crippen molar-refractivity contribution in [3.63, 3.8) is 0 Å². The van der Waals surface area contributed by atoms with Gasteiger partial charge in [0.1, 0.15) is 5.75 Å². The number of hydrogen-bond acceptors (Lipinski definition) is 5. The molecule has 0 aliphatic carbocycles. The highest BCUT2D eigenvalue weighted by Gasteiger charge is 2.18. The molecule has 104 valence electrons. The van der Waals surface area contributed by atoms with Crippen molar-refractivity contribution in [2.24, 2.45) is 0 Å². The molecule has 2 aromatic rings. The Morgan fingerprint density at radius 3 is 3.15 bits per heavy atom. The van der Waals surface area contributed by atoms with E-state index >= 15 is 0 Å². The summed E-state index contributed by atoms with van der Waals surface area (Å²) in [4.78, 5) is 17.7. The lowest BCUT2D eigenvalue weighted by atomic mass is 10.2. The zero-order chi connectivity index (χ0) is 14.1. The number of carbonyl (C=O) groups excluding carboxylic acids is 1. The van der Waals surface area contributed by atoms with E-state index in [0.717, 1.165) is 34.6 Å². The molecule has 20 heavy (non-hydrogen) atoms. The van der Waals surface area contributed by atoms with Crippen LogP contribution < -0.4 is 10.6 Å². The Labute approximate surface area is 128 Å². The molecule has 0 bridgehead atoms. The number of aromatic nitrogens is 1. The van der Waals surface area contributed by atoms with Crippen LogP contribution in [0.5, 0.6) is 5.75 Å². The average Bonchev–Trinajstić information content (AvgIpc) is 2.83. The highest BCUT2D eigenvalue weighted by Crippen LogP contribution is 2.27. The summed E-state index contributed by atoms with van der Waals surface area (Å²) in [5.41, 5.74) is 1.27. The van der Waals surface area contributed by atoms with Crippen LogP contribution in [-0.4, -0.2) is 22.5 Å². The minimum atomic E-state index is -0.358. The molecule has 0 atom stereocenters. The molecule has 0 unspecified atom stereocenters. The Morgan fingerprint density at radius 2 is 2.35 bits per heavy atom. The number of thiazole rings is 1. The number of phenolic OH excluding ortho intramolecular Hbond substituents is 1. The molecule has 1 amide bonds. The Hall–Kier alpha value is -1.44. The number of phenols is 1. The van der Waals surface area contributed by atoms with Gasteiger partial charge in [-0.05, 0) is 18.2 Å². The zero-order valence-electron chi connectivity index (χ0n) is 10.4. The molecule has 1 aromatic heterocycles. The molecule has 0 radical (unpaired) electrons. The second-order valence-electron chi connectivity index (χ2n) is 4.43. The normalized spacial score (nSPS) is 13.8. The molecule has 1 aromatic carbocycles. The van der Waals surface area contributed by atoms with Gasteiger partial charge in [-0.2, -0.15) is 0 Å². The maximum atomic E-state index is 12.2. The lowest BCUT2D eigenvalue weighted by Gasteiger charge is -2.09. The summed E-state index contributed by atoms with van der Waals surface area (Å²) < 4.78 is 0.739. The second-order valence-corrected chi connectivity index (χ2v) is 6.43. The second kappa shape index (κ2) is 5.51. The van der Waals surface area contributed by atoms with E-state index < -0.39 is 0 Å². The molecule has 0 saturated heterocycles. The van der Waals surface area contributed by atoms with E-state index in [1.165, 1.54) is 17.4 Å². The van der Waals surface area contributed by atoms with Crippen LogP contribution in [-0.2, 0) is 13.0 Å². The van der Waals surface area contributed by atoms with Gasteiger partial charge in [-0.1, -0.05) is 15.9 Å². The van der Waals surface area contributed by atoms with Gasteiger partial charge in [0.25, 0.3) is 5.91 Å². The summed E-state index contributed by atoms with van der Waals surface area (Å²) in [6.45, 7) is 1.71. The van der Waals surface area contributed by atoms with Crippen molar-refractivity contribution in [3.8, 4) is 5.75 Å². The van der Waals surface area contributed by atoms with Crippen LogP contribution in [0.25, 0.3) is 0 Å². The quantitative estimate of drug-likeness (QED) is 0.775. The fraction of sp³-hybridized carbons (Fsp3) is 0.231. The number of aromatic hydroxyl groups is 1. The van der Waals surface area contributed by atoms with Crippen molar-refractivity contribution in [2.45, 2.75) is 13.0 Å². The van der Waals surface area contributed by atoms with Crippen LogP contribution in [0.15, 0.2) is 22.7 Å². The maximum Gasteiger partial charge on any atom is 0.261 e. The molecular weight excluding hydrogens is 342 g/mol. The summed E-state index contributed by atoms with van der Waals surface area (Å²) in [5, 5.41) is 16.3. The van der Waals surface area contributed by atoms with Gasteiger partial charge >= 0.3 is 0 Å². The van der Waals surface area contributed by atoms with Gasteiger partial charge in [-0.15, -0.1) is 11.3 Å². The van der Waals surface area contributed by atoms with Crippen LogP contribution in [0.2, 0.25) is 0 Å². The standard InChI is InChI=1S/C13H12BrN3O2S/c14-7-1-2-10(18)8(5-7)12(19)17-13-16-9-3-4-15-6-11(9)20-13/h1-2,5,15,18H,3-4,6H2,(H,16,17,19). The van der Waals surface area contributed by atoms with Gasteiger partial charge in [0.2, 0.25) is 0 Å². The third-order valence-electron chi connectivity index (χ3n) is 3.03. The first kappa shape index (κ1) is 13.5. The van der Waals surface area contributed by atoms with Gasteiger partial charge < -0.3 is 10.4 Å². The Morgan fingerprint density at radius 1 is 1.50 bits per heavy atom. The Balaban J connectivity index is 1.82. The van der Waals surface area contributed by atoms with Gasteiger partial charge in [0, 0.05) is 28.9 Å². The molecule has 5 nitrogen and oxygen atoms in total. The van der Waals surface area contributed by atoms with E-state index in [9.17, 15) is 9.90 Å². The molecule has 1 aliphatic heterocycles. The molecular formula is C13H12BrN3O2S. The lowest BCUT2D eigenvalue weighted by molar-refractivity contribution is 0.102. The van der Waals surface area contributed by atoms with Gasteiger partial charge in [-0.3, -0.25) is 10.1 Å². The fourth-order valence-corrected chi connectivity index (χ4v) is 3.37. The number of anilines is 1. The Kier molecular flexibility index (Phi) is 3.73. The van der Waals surface area contributed by atoms with Crippen molar-refractivity contribution >= 4 is 38.3 Å². The van der Waals surface area contributed by atoms with Crippen LogP contribution in [0.3, 0.4) is 0 Å². The van der Waals surface area contributed by atoms with Gasteiger partial charge in [0.05, 0.1) is 11.3 Å². The van der Waals surface area contributed by atoms with E-state index in [0.29, 0.717) is 5.13 Å². The van der Waals surface area contributed by atoms with Crippen LogP contribution in [0.1, 0.15) is 20.9 Å². The third-order valence-corrected chi connectivity index (χ3v) is 4.53. The molecule has 3 N–H and O–H groups in total. The van der Waals surface area contributed by atoms with Crippen LogP contribution >= 0.6 is 27.3 Å². The molecule has 0 spiro atoms. The highest BCUT2D eigenvalue weighted by molar-refractivity contribution is 9.10. The molecule has 0 fully saturated rings. The maximum absolute atomic E-state index is 12.2. The zero-order valence-corrected chi connectivity index (χ0v) is 12.8. The number of carbonyl (C=O) groups is 1. The topological polar surface area (TPSA) is 74.2 Å². The SMILES string of the molecule is O=C(Nc1nc2c(s1)CNCC2)c1cc(Br)ccc1O. The molecule has 7 heteroatoms. The largest absolute Gasteiger partial charge is 0.507 e. The van der Waals surface area contributed by atoms with E-state index in [2.05, 4.69) is 31.5 Å². The van der Waals surface area contributed by atoms with E-state index in [4.69, 9.17) is 0 Å². The van der Waals surface area contributed by atoms with E-state index in [1.807, 2.05) is 0 Å². The summed E-state index contributed by atoms with van der Waals surface area (Å²) >= 11 is 4.75. The molecule has 3 rings (SSSR count). The number of nitrogens with zero attached hydrogens (tertiary/aromatic N) is 1. The fourth-order valence-electron chi connectivity index (χ4n) is 2.03. The monoisotopic (exact) mass is 353 g/mol. The van der Waals surface area contributed by atoms with Gasteiger partial charge in [0.15, 0.2) is 5.13 Å². The predicted octanol–water partition coefficient (Wildman–Crippen LogP) is 2.51. The van der Waals surface area contributed by atoms with E-state index in [-0.39, 0.29) is 17.2 Å². The number of fused-ring (bicyclic) bond motifs is 1. The van der Waals surface area contributed by atoms with Crippen molar-refractivity contribution in [1.82, 2.24) is 10.3 Å². The first-order valence-corrected chi connectivity index (χ1v) is 7.73.